The molecule has 1 aromatic rings. The third-order valence-electron chi connectivity index (χ3n) is 3.52. The highest BCUT2D eigenvalue weighted by Gasteiger charge is 2.20. The molecule has 1 heterocycles. The van der Waals surface area contributed by atoms with Crippen LogP contribution in [0.5, 0.6) is 0 Å². The van der Waals surface area contributed by atoms with Gasteiger partial charge in [0, 0.05) is 18.2 Å². The largest absolute Gasteiger partial charge is 0.314 e. The van der Waals surface area contributed by atoms with Crippen molar-refractivity contribution in [2.75, 3.05) is 19.6 Å². The molecule has 0 spiro atoms. The van der Waals surface area contributed by atoms with Crippen LogP contribution in [-0.4, -0.2) is 30.6 Å². The van der Waals surface area contributed by atoms with Gasteiger partial charge in [0.2, 0.25) is 0 Å². The zero-order valence-corrected chi connectivity index (χ0v) is 10.8. The Morgan fingerprint density at radius 1 is 1.22 bits per heavy atom. The van der Waals surface area contributed by atoms with Gasteiger partial charge in [-0.15, -0.1) is 0 Å². The van der Waals surface area contributed by atoms with Crippen molar-refractivity contribution in [1.82, 2.24) is 10.2 Å². The third kappa shape index (κ3) is 3.27. The molecule has 0 saturated carbocycles. The zero-order chi connectivity index (χ0) is 13.0. The van der Waals surface area contributed by atoms with E-state index in [1.807, 2.05) is 0 Å². The molecule has 2 rings (SSSR count). The van der Waals surface area contributed by atoms with Crippen molar-refractivity contribution in [1.29, 1.82) is 0 Å². The van der Waals surface area contributed by atoms with Gasteiger partial charge in [-0.25, -0.2) is 8.78 Å². The van der Waals surface area contributed by atoms with Crippen LogP contribution >= 0.6 is 0 Å². The monoisotopic (exact) mass is 254 g/mol. The molecule has 1 N–H and O–H groups in total. The van der Waals surface area contributed by atoms with E-state index < -0.39 is 11.6 Å². The van der Waals surface area contributed by atoms with Crippen LogP contribution < -0.4 is 5.32 Å². The van der Waals surface area contributed by atoms with Crippen molar-refractivity contribution in [2.45, 2.75) is 32.4 Å². The molecule has 100 valence electrons. The lowest BCUT2D eigenvalue weighted by molar-refractivity contribution is 0.187. The van der Waals surface area contributed by atoms with Gasteiger partial charge < -0.3 is 5.32 Å². The van der Waals surface area contributed by atoms with Crippen molar-refractivity contribution in [2.24, 2.45) is 0 Å². The number of halogens is 2. The van der Waals surface area contributed by atoms with Gasteiger partial charge in [0.05, 0.1) is 0 Å². The summed E-state index contributed by atoms with van der Waals surface area (Å²) in [4.78, 5) is 2.12. The number of nitrogens with zero attached hydrogens (tertiary/aromatic N) is 1. The second-order valence-corrected chi connectivity index (χ2v) is 4.81. The predicted octanol–water partition coefficient (Wildman–Crippen LogP) is 2.54. The fourth-order valence-corrected chi connectivity index (χ4v) is 2.49. The van der Waals surface area contributed by atoms with Gasteiger partial charge in [0.15, 0.2) is 0 Å². The number of nitrogens with one attached hydrogen (secondary N) is 1. The molecule has 1 aromatic carbocycles. The standard InChI is InChI=1S/C14H20F2N2/c1-2-17-11-6-8-18(9-7-11)10-12-13(15)4-3-5-14(12)16/h3-5,11,17H,2,6-10H2,1H3. The second kappa shape index (κ2) is 6.25. The second-order valence-electron chi connectivity index (χ2n) is 4.81. The summed E-state index contributed by atoms with van der Waals surface area (Å²) in [5.41, 5.74) is 0.194. The zero-order valence-electron chi connectivity index (χ0n) is 10.8. The lowest BCUT2D eigenvalue weighted by Crippen LogP contribution is -2.42. The molecule has 0 aromatic heterocycles. The predicted molar refractivity (Wildman–Crippen MR) is 68.3 cm³/mol. The van der Waals surface area contributed by atoms with E-state index >= 15 is 0 Å². The number of rotatable bonds is 4. The molecular weight excluding hydrogens is 234 g/mol. The number of piperidine rings is 1. The summed E-state index contributed by atoms with van der Waals surface area (Å²) in [6.45, 7) is 5.24. The Kier molecular flexibility index (Phi) is 4.66. The van der Waals surface area contributed by atoms with E-state index in [0.717, 1.165) is 32.5 Å². The Bertz CT molecular complexity index is 367. The van der Waals surface area contributed by atoms with Crippen LogP contribution in [0.4, 0.5) is 8.78 Å². The van der Waals surface area contributed by atoms with Gasteiger partial charge in [-0.05, 0) is 44.6 Å². The Morgan fingerprint density at radius 3 is 2.39 bits per heavy atom. The fourth-order valence-electron chi connectivity index (χ4n) is 2.49. The summed E-state index contributed by atoms with van der Waals surface area (Å²) in [7, 11) is 0. The van der Waals surface area contributed by atoms with E-state index in [0.29, 0.717) is 12.6 Å². The molecular formula is C14H20F2N2. The molecule has 4 heteroatoms. The number of likely N-dealkylation sites (tertiary alicyclic amines) is 1. The molecule has 1 saturated heterocycles. The van der Waals surface area contributed by atoms with Gasteiger partial charge in [0.25, 0.3) is 0 Å². The minimum atomic E-state index is -0.441. The Balaban J connectivity index is 1.92. The molecule has 0 radical (unpaired) electrons. The van der Waals surface area contributed by atoms with Crippen molar-refractivity contribution in [3.8, 4) is 0 Å². The van der Waals surface area contributed by atoms with Crippen LogP contribution in [0.2, 0.25) is 0 Å². The maximum absolute atomic E-state index is 13.5. The maximum atomic E-state index is 13.5. The van der Waals surface area contributed by atoms with Crippen LogP contribution in [0.1, 0.15) is 25.3 Å². The molecule has 18 heavy (non-hydrogen) atoms. The van der Waals surface area contributed by atoms with E-state index in [4.69, 9.17) is 0 Å². The lowest BCUT2D eigenvalue weighted by Gasteiger charge is -2.32. The van der Waals surface area contributed by atoms with Crippen LogP contribution in [-0.2, 0) is 6.54 Å². The van der Waals surface area contributed by atoms with Gasteiger partial charge in [-0.2, -0.15) is 0 Å². The Morgan fingerprint density at radius 2 is 1.83 bits per heavy atom. The van der Waals surface area contributed by atoms with E-state index in [1.54, 1.807) is 0 Å². The normalized spacial score (nSPS) is 18.2. The van der Waals surface area contributed by atoms with Crippen molar-refractivity contribution >= 4 is 0 Å². The smallest absolute Gasteiger partial charge is 0.130 e. The summed E-state index contributed by atoms with van der Waals surface area (Å²) in [6.07, 6.45) is 2.09. The minimum Gasteiger partial charge on any atom is -0.314 e. The summed E-state index contributed by atoms with van der Waals surface area (Å²) >= 11 is 0. The molecule has 1 fully saturated rings. The van der Waals surface area contributed by atoms with E-state index in [2.05, 4.69) is 17.1 Å². The van der Waals surface area contributed by atoms with Gasteiger partial charge in [0.1, 0.15) is 11.6 Å². The highest BCUT2D eigenvalue weighted by atomic mass is 19.1. The van der Waals surface area contributed by atoms with Crippen molar-refractivity contribution in [3.63, 3.8) is 0 Å². The van der Waals surface area contributed by atoms with Crippen LogP contribution in [0.3, 0.4) is 0 Å². The van der Waals surface area contributed by atoms with E-state index in [-0.39, 0.29) is 5.56 Å². The summed E-state index contributed by atoms with van der Waals surface area (Å²) < 4.78 is 27.0. The Hall–Kier alpha value is -1.00. The summed E-state index contributed by atoms with van der Waals surface area (Å²) in [5.74, 6) is -0.882. The first-order chi connectivity index (χ1) is 8.70. The first kappa shape index (κ1) is 13.4. The summed E-state index contributed by atoms with van der Waals surface area (Å²) in [5, 5.41) is 3.42. The third-order valence-corrected chi connectivity index (χ3v) is 3.52. The molecule has 0 bridgehead atoms. The SMILES string of the molecule is CCNC1CCN(Cc2c(F)cccc2F)CC1. The van der Waals surface area contributed by atoms with Crippen LogP contribution in [0.15, 0.2) is 18.2 Å². The number of hydrogen-bond donors (Lipinski definition) is 1. The molecule has 0 aliphatic carbocycles. The molecule has 1 aliphatic rings. The van der Waals surface area contributed by atoms with E-state index in [1.165, 1.54) is 18.2 Å². The first-order valence-corrected chi connectivity index (χ1v) is 6.59. The number of hydrogen-bond acceptors (Lipinski definition) is 2. The average molecular weight is 254 g/mol. The first-order valence-electron chi connectivity index (χ1n) is 6.59. The fraction of sp³-hybridized carbons (Fsp3) is 0.571. The molecule has 1 aliphatic heterocycles. The highest BCUT2D eigenvalue weighted by Crippen LogP contribution is 2.18. The molecule has 0 atom stereocenters. The lowest BCUT2D eigenvalue weighted by atomic mass is 10.0. The van der Waals surface area contributed by atoms with Crippen LogP contribution in [0, 0.1) is 11.6 Å². The average Bonchev–Trinajstić information content (AvgIpc) is 2.36. The van der Waals surface area contributed by atoms with Crippen molar-refractivity contribution in [3.05, 3.63) is 35.4 Å². The molecule has 2 nitrogen and oxygen atoms in total. The number of benzene rings is 1. The quantitative estimate of drug-likeness (QED) is 0.888. The molecule has 0 unspecified atom stereocenters. The molecule has 0 amide bonds. The van der Waals surface area contributed by atoms with Crippen molar-refractivity contribution < 1.29 is 8.78 Å². The van der Waals surface area contributed by atoms with E-state index in [9.17, 15) is 8.78 Å². The van der Waals surface area contributed by atoms with Crippen LogP contribution in [0.25, 0.3) is 0 Å². The maximum Gasteiger partial charge on any atom is 0.130 e. The Labute approximate surface area is 107 Å². The summed E-state index contributed by atoms with van der Waals surface area (Å²) in [6, 6.07) is 4.61. The van der Waals surface area contributed by atoms with Gasteiger partial charge >= 0.3 is 0 Å². The van der Waals surface area contributed by atoms with Gasteiger partial charge in [-0.1, -0.05) is 13.0 Å². The van der Waals surface area contributed by atoms with Gasteiger partial charge in [-0.3, -0.25) is 4.90 Å². The highest BCUT2D eigenvalue weighted by molar-refractivity contribution is 5.19. The minimum absolute atomic E-state index is 0.194. The topological polar surface area (TPSA) is 15.3 Å².